The van der Waals surface area contributed by atoms with Crippen molar-refractivity contribution >= 4 is 35.2 Å². The van der Waals surface area contributed by atoms with Crippen molar-refractivity contribution in [2.24, 2.45) is 5.92 Å². The molecule has 2 aromatic carbocycles. The summed E-state index contributed by atoms with van der Waals surface area (Å²) in [7, 11) is 3.42. The highest BCUT2D eigenvalue weighted by atomic mass is 35.5. The molecular weight excluding hydrogens is 513 g/mol. The van der Waals surface area contributed by atoms with Gasteiger partial charge in [-0.15, -0.1) is 0 Å². The van der Waals surface area contributed by atoms with Gasteiger partial charge in [-0.2, -0.15) is 0 Å². The van der Waals surface area contributed by atoms with Gasteiger partial charge in [0, 0.05) is 41.8 Å². The summed E-state index contributed by atoms with van der Waals surface area (Å²) in [6, 6.07) is 12.6. The maximum absolute atomic E-state index is 13.1. The van der Waals surface area contributed by atoms with E-state index in [1.807, 2.05) is 19.2 Å². The molecule has 1 unspecified atom stereocenters. The van der Waals surface area contributed by atoms with E-state index in [0.717, 1.165) is 16.9 Å². The molecule has 0 radical (unpaired) electrons. The summed E-state index contributed by atoms with van der Waals surface area (Å²) in [5.41, 5.74) is 1.90. The Hall–Kier alpha value is -2.32. The monoisotopic (exact) mass is 549 g/mol. The number of amides is 2. The second-order valence-electron chi connectivity index (χ2n) is 9.72. The van der Waals surface area contributed by atoms with Crippen LogP contribution in [0.2, 0.25) is 10.0 Å². The second kappa shape index (κ2) is 14.6. The largest absolute Gasteiger partial charge is 0.465 e. The Balaban J connectivity index is 1.74. The van der Waals surface area contributed by atoms with Gasteiger partial charge in [-0.05, 0) is 60.8 Å². The fourth-order valence-electron chi connectivity index (χ4n) is 4.80. The van der Waals surface area contributed by atoms with E-state index >= 15 is 0 Å². The number of nitrogens with one attached hydrogen (secondary N) is 2. The molecular formula is C28H37Cl2N3O4. The number of hydrogen-bond donors (Lipinski definition) is 3. The minimum Gasteiger partial charge on any atom is -0.465 e. The number of benzene rings is 2. The molecule has 1 aliphatic rings. The fourth-order valence-corrected chi connectivity index (χ4v) is 5.24. The van der Waals surface area contributed by atoms with Crippen molar-refractivity contribution in [2.45, 2.75) is 50.7 Å². The molecule has 37 heavy (non-hydrogen) atoms. The van der Waals surface area contributed by atoms with Crippen LogP contribution in [-0.2, 0) is 4.74 Å². The third-order valence-corrected chi connectivity index (χ3v) is 7.39. The molecule has 202 valence electrons. The van der Waals surface area contributed by atoms with Crippen molar-refractivity contribution in [1.29, 1.82) is 0 Å². The Kier molecular flexibility index (Phi) is 11.5. The molecule has 3 rings (SSSR count). The molecule has 1 saturated carbocycles. The molecule has 7 nitrogen and oxygen atoms in total. The number of nitrogens with zero attached hydrogens (tertiary/aromatic N) is 1. The second-order valence-corrected chi connectivity index (χ2v) is 10.6. The van der Waals surface area contributed by atoms with Gasteiger partial charge in [0.15, 0.2) is 0 Å². The van der Waals surface area contributed by atoms with Crippen LogP contribution in [0.4, 0.5) is 4.79 Å². The first-order chi connectivity index (χ1) is 17.8. The minimum atomic E-state index is -1.03. The predicted octanol–water partition coefficient (Wildman–Crippen LogP) is 6.00. The van der Waals surface area contributed by atoms with Crippen LogP contribution in [0.25, 0.3) is 0 Å². The third kappa shape index (κ3) is 9.18. The summed E-state index contributed by atoms with van der Waals surface area (Å²) < 4.78 is 6.12. The standard InChI is InChI=1S/C28H37Cl2N3O4/c1-31-25(13-19-7-4-3-5-8-19)18-32-27(34)22-14-21(16-24(30)17-22)26(20-9-6-10-23(29)15-20)37-12-11-33(2)28(35)36/h6,9-10,14-17,19,25-26,31H,3-5,7-8,11-13,18H2,1-2H3,(H,32,34)(H,35,36)/t25-,26?/m0/s1. The summed E-state index contributed by atoms with van der Waals surface area (Å²) in [4.78, 5) is 25.4. The summed E-state index contributed by atoms with van der Waals surface area (Å²) >= 11 is 12.7. The normalized spacial score (nSPS) is 15.7. The van der Waals surface area contributed by atoms with E-state index in [9.17, 15) is 9.59 Å². The van der Waals surface area contributed by atoms with Gasteiger partial charge in [0.05, 0.1) is 6.61 Å². The van der Waals surface area contributed by atoms with E-state index in [4.69, 9.17) is 33.0 Å². The van der Waals surface area contributed by atoms with Crippen molar-refractivity contribution in [3.63, 3.8) is 0 Å². The molecule has 1 aliphatic carbocycles. The highest BCUT2D eigenvalue weighted by Crippen LogP contribution is 2.31. The Bertz CT molecular complexity index is 1050. The quantitative estimate of drug-likeness (QED) is 0.302. The lowest BCUT2D eigenvalue weighted by atomic mass is 9.85. The van der Waals surface area contributed by atoms with E-state index in [1.54, 1.807) is 30.3 Å². The maximum atomic E-state index is 13.1. The van der Waals surface area contributed by atoms with Crippen LogP contribution < -0.4 is 10.6 Å². The van der Waals surface area contributed by atoms with E-state index < -0.39 is 12.2 Å². The van der Waals surface area contributed by atoms with Crippen molar-refractivity contribution in [1.82, 2.24) is 15.5 Å². The molecule has 9 heteroatoms. The highest BCUT2D eigenvalue weighted by Gasteiger charge is 2.21. The van der Waals surface area contributed by atoms with Crippen LogP contribution in [-0.4, -0.2) is 61.8 Å². The van der Waals surface area contributed by atoms with Gasteiger partial charge in [-0.1, -0.05) is 67.4 Å². The highest BCUT2D eigenvalue weighted by molar-refractivity contribution is 6.31. The summed E-state index contributed by atoms with van der Waals surface area (Å²) in [5, 5.41) is 16.5. The fraction of sp³-hybridized carbons (Fsp3) is 0.500. The topological polar surface area (TPSA) is 90.9 Å². The molecule has 0 spiro atoms. The minimum absolute atomic E-state index is 0.152. The molecule has 0 aromatic heterocycles. The smallest absolute Gasteiger partial charge is 0.407 e. The van der Waals surface area contributed by atoms with Crippen LogP contribution in [0.15, 0.2) is 42.5 Å². The number of halogens is 2. The number of rotatable bonds is 12. The first-order valence-electron chi connectivity index (χ1n) is 12.8. The van der Waals surface area contributed by atoms with Crippen LogP contribution in [0.1, 0.15) is 66.1 Å². The zero-order chi connectivity index (χ0) is 26.8. The molecule has 2 amide bonds. The number of carbonyl (C=O) groups is 2. The number of ether oxygens (including phenoxy) is 1. The molecule has 0 heterocycles. The zero-order valence-corrected chi connectivity index (χ0v) is 23.0. The first-order valence-corrected chi connectivity index (χ1v) is 13.6. The lowest BCUT2D eigenvalue weighted by Gasteiger charge is -2.26. The summed E-state index contributed by atoms with van der Waals surface area (Å²) in [6.45, 7) is 0.870. The Labute approximate surface area is 229 Å². The Morgan fingerprint density at radius 2 is 1.81 bits per heavy atom. The Morgan fingerprint density at radius 3 is 2.49 bits per heavy atom. The average Bonchev–Trinajstić information content (AvgIpc) is 2.88. The van der Waals surface area contributed by atoms with Crippen molar-refractivity contribution in [2.75, 3.05) is 33.8 Å². The summed E-state index contributed by atoms with van der Waals surface area (Å²) in [6.07, 6.45) is 5.86. The van der Waals surface area contributed by atoms with E-state index in [-0.39, 0.29) is 25.1 Å². The van der Waals surface area contributed by atoms with Gasteiger partial charge < -0.3 is 25.4 Å². The van der Waals surface area contributed by atoms with Crippen LogP contribution in [0.5, 0.6) is 0 Å². The molecule has 0 aliphatic heterocycles. The first kappa shape index (κ1) is 29.2. The third-order valence-electron chi connectivity index (χ3n) is 6.93. The molecule has 2 atom stereocenters. The van der Waals surface area contributed by atoms with Gasteiger partial charge in [-0.3, -0.25) is 4.79 Å². The summed E-state index contributed by atoms with van der Waals surface area (Å²) in [5.74, 6) is 0.500. The van der Waals surface area contributed by atoms with Crippen LogP contribution in [0, 0.1) is 5.92 Å². The molecule has 3 N–H and O–H groups in total. The van der Waals surface area contributed by atoms with Gasteiger partial charge in [-0.25, -0.2) is 4.79 Å². The number of likely N-dealkylation sites (N-methyl/N-ethyl adjacent to an activating group) is 2. The number of carbonyl (C=O) groups excluding carboxylic acids is 1. The lowest BCUT2D eigenvalue weighted by Crippen LogP contribution is -2.40. The molecule has 0 saturated heterocycles. The number of hydrogen-bond acceptors (Lipinski definition) is 4. The molecule has 2 aromatic rings. The van der Waals surface area contributed by atoms with Crippen molar-refractivity contribution in [3.8, 4) is 0 Å². The van der Waals surface area contributed by atoms with E-state index in [1.165, 1.54) is 39.2 Å². The molecule has 1 fully saturated rings. The zero-order valence-electron chi connectivity index (χ0n) is 21.5. The average molecular weight is 551 g/mol. The van der Waals surface area contributed by atoms with Crippen LogP contribution in [0.3, 0.4) is 0 Å². The maximum Gasteiger partial charge on any atom is 0.407 e. The van der Waals surface area contributed by atoms with Crippen LogP contribution >= 0.6 is 23.2 Å². The van der Waals surface area contributed by atoms with Crippen molar-refractivity contribution < 1.29 is 19.4 Å². The predicted molar refractivity (Wildman–Crippen MR) is 148 cm³/mol. The van der Waals surface area contributed by atoms with Gasteiger partial charge in [0.2, 0.25) is 0 Å². The SMILES string of the molecule is CN[C@H](CNC(=O)c1cc(Cl)cc(C(OCCN(C)C(=O)O)c2cccc(Cl)c2)c1)CC1CCCCC1. The van der Waals surface area contributed by atoms with Gasteiger partial charge >= 0.3 is 6.09 Å². The lowest BCUT2D eigenvalue weighted by molar-refractivity contribution is 0.0634. The van der Waals surface area contributed by atoms with E-state index in [2.05, 4.69) is 10.6 Å². The Morgan fingerprint density at radius 1 is 1.08 bits per heavy atom. The van der Waals surface area contributed by atoms with Crippen molar-refractivity contribution in [3.05, 3.63) is 69.2 Å². The molecule has 0 bridgehead atoms. The number of carboxylic acid groups (broad SMARTS) is 1. The van der Waals surface area contributed by atoms with Gasteiger partial charge in [0.1, 0.15) is 6.10 Å². The van der Waals surface area contributed by atoms with E-state index in [0.29, 0.717) is 33.6 Å². The van der Waals surface area contributed by atoms with Gasteiger partial charge in [0.25, 0.3) is 5.91 Å².